The molecule has 1 aromatic carbocycles. The van der Waals surface area contributed by atoms with E-state index in [4.69, 9.17) is 0 Å². The van der Waals surface area contributed by atoms with Gasteiger partial charge in [0.15, 0.2) is 0 Å². The summed E-state index contributed by atoms with van der Waals surface area (Å²) in [6, 6.07) is 6.90. The summed E-state index contributed by atoms with van der Waals surface area (Å²) in [5.74, 6) is 1.02. The van der Waals surface area contributed by atoms with E-state index in [0.717, 1.165) is 24.8 Å². The molecule has 2 heterocycles. The lowest BCUT2D eigenvalue weighted by atomic mass is 10.1. The van der Waals surface area contributed by atoms with Crippen LogP contribution in [0.3, 0.4) is 0 Å². The number of hydrogen-bond acceptors (Lipinski definition) is 4. The largest absolute Gasteiger partial charge is 0.303 e. The van der Waals surface area contributed by atoms with Gasteiger partial charge in [-0.3, -0.25) is 4.99 Å². The first-order valence-electron chi connectivity index (χ1n) is 7.60. The molecule has 0 N–H and O–H groups in total. The normalized spacial score (nSPS) is 20.7. The predicted octanol–water partition coefficient (Wildman–Crippen LogP) is 3.67. The van der Waals surface area contributed by atoms with Crippen LogP contribution in [0.25, 0.3) is 0 Å². The maximum Gasteiger partial charge on any atom is 0.124 e. The highest BCUT2D eigenvalue weighted by atomic mass is 32.2. The van der Waals surface area contributed by atoms with Crippen LogP contribution < -0.4 is 0 Å². The number of rotatable bonds is 4. The molecule has 0 aromatic heterocycles. The Balaban J connectivity index is 1.38. The number of hydrogen-bond donors (Lipinski definition) is 0. The van der Waals surface area contributed by atoms with Crippen LogP contribution in [0.2, 0.25) is 0 Å². The zero-order valence-electron chi connectivity index (χ0n) is 12.1. The summed E-state index contributed by atoms with van der Waals surface area (Å²) in [6.07, 6.45) is 3.53. The maximum absolute atomic E-state index is 12.9. The molecule has 0 amide bonds. The highest BCUT2D eigenvalue weighted by molar-refractivity contribution is 8.39. The van der Waals surface area contributed by atoms with Crippen LogP contribution in [0.4, 0.5) is 4.39 Å². The van der Waals surface area contributed by atoms with Crippen molar-refractivity contribution in [3.05, 3.63) is 35.6 Å². The third kappa shape index (κ3) is 4.73. The summed E-state index contributed by atoms with van der Waals surface area (Å²) in [4.78, 5) is 7.06. The van der Waals surface area contributed by atoms with Gasteiger partial charge in [-0.25, -0.2) is 4.39 Å². The Morgan fingerprint density at radius 1 is 1.24 bits per heavy atom. The van der Waals surface area contributed by atoms with Gasteiger partial charge >= 0.3 is 0 Å². The molecule has 0 saturated carbocycles. The number of thioether (sulfide) groups is 2. The molecular weight excluding hydrogens is 303 g/mol. The molecule has 0 aliphatic carbocycles. The first-order valence-corrected chi connectivity index (χ1v) is 9.47. The van der Waals surface area contributed by atoms with E-state index in [-0.39, 0.29) is 5.82 Å². The number of aliphatic imine (C=N–C) groups is 1. The highest BCUT2D eigenvalue weighted by Gasteiger charge is 2.22. The van der Waals surface area contributed by atoms with Crippen molar-refractivity contribution in [2.45, 2.75) is 24.5 Å². The molecule has 0 radical (unpaired) electrons. The zero-order valence-corrected chi connectivity index (χ0v) is 13.8. The molecule has 114 valence electrons. The van der Waals surface area contributed by atoms with Crippen LogP contribution >= 0.6 is 23.5 Å². The number of piperidine rings is 1. The summed E-state index contributed by atoms with van der Waals surface area (Å²) in [7, 11) is 0. The van der Waals surface area contributed by atoms with Crippen molar-refractivity contribution in [3.8, 4) is 0 Å². The van der Waals surface area contributed by atoms with Gasteiger partial charge in [0.05, 0.1) is 6.54 Å². The van der Waals surface area contributed by atoms with Gasteiger partial charge in [-0.15, -0.1) is 0 Å². The van der Waals surface area contributed by atoms with E-state index in [1.807, 2.05) is 35.7 Å². The molecule has 2 nitrogen and oxygen atoms in total. The Hall–Kier alpha value is -0.520. The molecule has 2 aliphatic heterocycles. The highest BCUT2D eigenvalue weighted by Crippen LogP contribution is 2.31. The van der Waals surface area contributed by atoms with E-state index in [9.17, 15) is 4.39 Å². The molecule has 1 saturated heterocycles. The van der Waals surface area contributed by atoms with Crippen molar-refractivity contribution in [1.29, 1.82) is 0 Å². The maximum atomic E-state index is 12.9. The van der Waals surface area contributed by atoms with Gasteiger partial charge in [0.2, 0.25) is 0 Å². The van der Waals surface area contributed by atoms with Gasteiger partial charge in [-0.05, 0) is 50.0 Å². The number of likely N-dealkylation sites (tertiary alicyclic amines) is 1. The lowest BCUT2D eigenvalue weighted by Crippen LogP contribution is -2.36. The molecule has 0 bridgehead atoms. The van der Waals surface area contributed by atoms with Crippen LogP contribution in [-0.4, -0.2) is 46.5 Å². The first kappa shape index (κ1) is 15.4. The Labute approximate surface area is 134 Å². The third-order valence-electron chi connectivity index (χ3n) is 3.99. The van der Waals surface area contributed by atoms with Crippen molar-refractivity contribution in [2.24, 2.45) is 4.99 Å². The van der Waals surface area contributed by atoms with Crippen LogP contribution in [0.5, 0.6) is 0 Å². The summed E-state index contributed by atoms with van der Waals surface area (Å²) in [5.41, 5.74) is 1.23. The first-order chi connectivity index (χ1) is 10.3. The summed E-state index contributed by atoms with van der Waals surface area (Å²) in [6.45, 7) is 4.44. The van der Waals surface area contributed by atoms with Gasteiger partial charge < -0.3 is 4.90 Å². The standard InChI is InChI=1S/C16H21FN2S2/c17-14-3-1-13(2-4-14)5-9-19-10-6-15(7-11-19)21-16-18-8-12-20-16/h1-4,15H,5-12H2. The molecule has 1 aromatic rings. The Morgan fingerprint density at radius 3 is 2.67 bits per heavy atom. The second kappa shape index (κ2) is 7.65. The molecule has 3 rings (SSSR count). The second-order valence-corrected chi connectivity index (χ2v) is 8.16. The van der Waals surface area contributed by atoms with E-state index in [1.54, 1.807) is 12.1 Å². The topological polar surface area (TPSA) is 15.6 Å². The van der Waals surface area contributed by atoms with Crippen molar-refractivity contribution < 1.29 is 4.39 Å². The molecule has 2 aliphatic rings. The molecule has 21 heavy (non-hydrogen) atoms. The monoisotopic (exact) mass is 324 g/mol. The van der Waals surface area contributed by atoms with Crippen LogP contribution in [0, 0.1) is 5.82 Å². The van der Waals surface area contributed by atoms with Crippen molar-refractivity contribution >= 4 is 27.9 Å². The molecule has 0 spiro atoms. The SMILES string of the molecule is Fc1ccc(CCN2CCC(SC3=NCCS3)CC2)cc1. The van der Waals surface area contributed by atoms with Crippen LogP contribution in [0.15, 0.2) is 29.3 Å². The third-order valence-corrected chi connectivity index (χ3v) is 6.53. The summed E-state index contributed by atoms with van der Waals surface area (Å²) >= 11 is 3.91. The fraction of sp³-hybridized carbons (Fsp3) is 0.562. The second-order valence-electron chi connectivity index (χ2n) is 5.53. The quantitative estimate of drug-likeness (QED) is 0.840. The minimum atomic E-state index is -0.149. The lowest BCUT2D eigenvalue weighted by molar-refractivity contribution is 0.236. The fourth-order valence-electron chi connectivity index (χ4n) is 2.72. The fourth-order valence-corrected chi connectivity index (χ4v) is 5.09. The zero-order chi connectivity index (χ0) is 14.5. The van der Waals surface area contributed by atoms with Gasteiger partial charge in [0, 0.05) is 17.5 Å². The molecular formula is C16H21FN2S2. The predicted molar refractivity (Wildman–Crippen MR) is 91.9 cm³/mol. The van der Waals surface area contributed by atoms with E-state index in [1.165, 1.54) is 41.6 Å². The number of halogens is 1. The van der Waals surface area contributed by atoms with E-state index in [2.05, 4.69) is 9.89 Å². The molecule has 0 atom stereocenters. The van der Waals surface area contributed by atoms with Gasteiger partial charge in [0.25, 0.3) is 0 Å². The molecule has 0 unspecified atom stereocenters. The van der Waals surface area contributed by atoms with Gasteiger partial charge in [0.1, 0.15) is 10.2 Å². The van der Waals surface area contributed by atoms with E-state index >= 15 is 0 Å². The van der Waals surface area contributed by atoms with Crippen molar-refractivity contribution in [2.75, 3.05) is 31.9 Å². The van der Waals surface area contributed by atoms with Crippen LogP contribution in [-0.2, 0) is 6.42 Å². The smallest absolute Gasteiger partial charge is 0.124 e. The lowest BCUT2D eigenvalue weighted by Gasteiger charge is -2.31. The van der Waals surface area contributed by atoms with Gasteiger partial charge in [-0.2, -0.15) is 0 Å². The summed E-state index contributed by atoms with van der Waals surface area (Å²) in [5, 5.41) is 0.747. The molecule has 5 heteroatoms. The molecule has 1 fully saturated rings. The van der Waals surface area contributed by atoms with E-state index in [0.29, 0.717) is 0 Å². The van der Waals surface area contributed by atoms with Crippen LogP contribution in [0.1, 0.15) is 18.4 Å². The van der Waals surface area contributed by atoms with Crippen molar-refractivity contribution in [1.82, 2.24) is 4.90 Å². The van der Waals surface area contributed by atoms with Crippen molar-refractivity contribution in [3.63, 3.8) is 0 Å². The summed E-state index contributed by atoms with van der Waals surface area (Å²) < 4.78 is 14.2. The number of nitrogens with zero attached hydrogens (tertiary/aromatic N) is 2. The average Bonchev–Trinajstić information content (AvgIpc) is 3.01. The Kier molecular flexibility index (Phi) is 5.61. The van der Waals surface area contributed by atoms with Gasteiger partial charge in [-0.1, -0.05) is 35.7 Å². The minimum Gasteiger partial charge on any atom is -0.303 e. The Bertz CT molecular complexity index is 482. The van der Waals surface area contributed by atoms with E-state index < -0.39 is 0 Å². The Morgan fingerprint density at radius 2 is 2.00 bits per heavy atom. The average molecular weight is 324 g/mol. The number of benzene rings is 1. The minimum absolute atomic E-state index is 0.149.